The van der Waals surface area contributed by atoms with Gasteiger partial charge in [0.2, 0.25) is 5.91 Å². The Morgan fingerprint density at radius 2 is 1.84 bits per heavy atom. The van der Waals surface area contributed by atoms with Gasteiger partial charge in [-0.3, -0.25) is 14.0 Å². The van der Waals surface area contributed by atoms with Gasteiger partial charge >= 0.3 is 0 Å². The zero-order valence-corrected chi connectivity index (χ0v) is 18.3. The molecule has 162 valence electrons. The lowest BCUT2D eigenvalue weighted by atomic mass is 9.95. The Morgan fingerprint density at radius 3 is 2.62 bits per heavy atom. The first-order valence-electron chi connectivity index (χ1n) is 10.3. The predicted octanol–water partition coefficient (Wildman–Crippen LogP) is 5.06. The summed E-state index contributed by atoms with van der Waals surface area (Å²) in [6.45, 7) is 2.06. The molecule has 1 amide bonds. The molecule has 4 aromatic rings. The molecule has 4 rings (SSSR count). The van der Waals surface area contributed by atoms with Crippen LogP contribution in [0, 0.1) is 0 Å². The molecule has 0 aliphatic carbocycles. The molecule has 0 fully saturated rings. The molecule has 2 heterocycles. The largest absolute Gasteiger partial charge is 0.485 e. The van der Waals surface area contributed by atoms with Crippen molar-refractivity contribution in [1.82, 2.24) is 9.38 Å². The van der Waals surface area contributed by atoms with Crippen molar-refractivity contribution in [1.29, 1.82) is 0 Å². The summed E-state index contributed by atoms with van der Waals surface area (Å²) in [6.07, 6.45) is 2.20. The molecule has 32 heavy (non-hydrogen) atoms. The van der Waals surface area contributed by atoms with Crippen molar-refractivity contribution in [3.8, 4) is 5.75 Å². The normalized spacial score (nSPS) is 11.8. The number of ether oxygens (including phenoxy) is 1. The average Bonchev–Trinajstić information content (AvgIpc) is 2.80. The first kappa shape index (κ1) is 21.6. The molecular weight excluding hydrogens is 426 g/mol. The van der Waals surface area contributed by atoms with Crippen LogP contribution in [0.1, 0.15) is 30.5 Å². The van der Waals surface area contributed by atoms with Crippen LogP contribution in [0.4, 0.5) is 5.69 Å². The minimum atomic E-state index is -0.265. The van der Waals surface area contributed by atoms with E-state index in [1.165, 1.54) is 16.7 Å². The van der Waals surface area contributed by atoms with E-state index in [9.17, 15) is 9.59 Å². The maximum atomic E-state index is 13.0. The van der Waals surface area contributed by atoms with Crippen LogP contribution in [0.3, 0.4) is 0 Å². The molecular formula is C25H22ClN3O3. The van der Waals surface area contributed by atoms with Crippen LogP contribution in [-0.4, -0.2) is 15.3 Å². The molecule has 0 bridgehead atoms. The third-order valence-electron chi connectivity index (χ3n) is 5.12. The fourth-order valence-electron chi connectivity index (χ4n) is 3.53. The van der Waals surface area contributed by atoms with Gasteiger partial charge in [-0.25, -0.2) is 4.98 Å². The zero-order chi connectivity index (χ0) is 22.5. The maximum Gasteiger partial charge on any atom is 0.258 e. The summed E-state index contributed by atoms with van der Waals surface area (Å²) < 4.78 is 7.30. The molecule has 2 aromatic carbocycles. The van der Waals surface area contributed by atoms with E-state index in [-0.39, 0.29) is 24.0 Å². The van der Waals surface area contributed by atoms with Crippen LogP contribution in [0.15, 0.2) is 83.8 Å². The fourth-order valence-corrected chi connectivity index (χ4v) is 3.69. The Hall–Kier alpha value is -3.64. The summed E-state index contributed by atoms with van der Waals surface area (Å²) >= 11 is 5.96. The number of halogens is 1. The Kier molecular flexibility index (Phi) is 6.52. The SMILES string of the molecule is CC[C@@H](C(=O)Nc1ccccc1OCc1cc(=O)n2cc(Cl)ccc2n1)c1ccccc1. The number of hydrogen-bond acceptors (Lipinski definition) is 4. The van der Waals surface area contributed by atoms with Crippen molar-refractivity contribution in [2.45, 2.75) is 25.9 Å². The number of nitrogens with zero attached hydrogens (tertiary/aromatic N) is 2. The molecule has 0 saturated carbocycles. The van der Waals surface area contributed by atoms with E-state index in [0.29, 0.717) is 34.2 Å². The highest BCUT2D eigenvalue weighted by atomic mass is 35.5. The number of pyridine rings is 1. The number of carbonyl (C=O) groups excluding carboxylic acids is 1. The van der Waals surface area contributed by atoms with Crippen LogP contribution >= 0.6 is 11.6 Å². The number of nitrogens with one attached hydrogen (secondary N) is 1. The van der Waals surface area contributed by atoms with Gasteiger partial charge in [-0.2, -0.15) is 0 Å². The smallest absolute Gasteiger partial charge is 0.258 e. The summed E-state index contributed by atoms with van der Waals surface area (Å²) in [5.74, 6) is 0.133. The van der Waals surface area contributed by atoms with Gasteiger partial charge in [-0.15, -0.1) is 0 Å². The molecule has 7 heteroatoms. The molecule has 6 nitrogen and oxygen atoms in total. The molecule has 0 saturated heterocycles. The standard InChI is InChI=1S/C25H22ClN3O3/c1-2-20(17-8-4-3-5-9-17)25(31)28-21-10-6-7-11-22(21)32-16-19-14-24(30)29-15-18(26)12-13-23(29)27-19/h3-15,20H,2,16H2,1H3,(H,28,31)/t20-/m1/s1. The third-order valence-corrected chi connectivity index (χ3v) is 5.35. The molecule has 0 aliphatic heterocycles. The molecule has 0 radical (unpaired) electrons. The molecule has 0 unspecified atom stereocenters. The van der Waals surface area contributed by atoms with E-state index in [2.05, 4.69) is 10.3 Å². The number of anilines is 1. The Balaban J connectivity index is 1.52. The number of carbonyl (C=O) groups is 1. The summed E-state index contributed by atoms with van der Waals surface area (Å²) in [6, 6.07) is 21.7. The second kappa shape index (κ2) is 9.66. The number of fused-ring (bicyclic) bond motifs is 1. The van der Waals surface area contributed by atoms with Crippen LogP contribution < -0.4 is 15.6 Å². The first-order chi connectivity index (χ1) is 15.5. The number of rotatable bonds is 7. The van der Waals surface area contributed by atoms with Crippen LogP contribution in [0.2, 0.25) is 5.02 Å². The lowest BCUT2D eigenvalue weighted by molar-refractivity contribution is -0.117. The summed E-state index contributed by atoms with van der Waals surface area (Å²) in [7, 11) is 0. The van der Waals surface area contributed by atoms with Gasteiger partial charge in [-0.05, 0) is 36.2 Å². The van der Waals surface area contributed by atoms with Crippen molar-refractivity contribution >= 4 is 28.8 Å². The Labute approximate surface area is 190 Å². The van der Waals surface area contributed by atoms with Gasteiger partial charge in [0.25, 0.3) is 5.56 Å². The van der Waals surface area contributed by atoms with E-state index < -0.39 is 0 Å². The fraction of sp³-hybridized carbons (Fsp3) is 0.160. The van der Waals surface area contributed by atoms with E-state index in [0.717, 1.165) is 5.56 Å². The highest BCUT2D eigenvalue weighted by Crippen LogP contribution is 2.27. The summed E-state index contributed by atoms with van der Waals surface area (Å²) in [5.41, 5.74) is 2.25. The predicted molar refractivity (Wildman–Crippen MR) is 125 cm³/mol. The first-order valence-corrected chi connectivity index (χ1v) is 10.7. The van der Waals surface area contributed by atoms with Crippen molar-refractivity contribution in [3.05, 3.63) is 106 Å². The van der Waals surface area contributed by atoms with Gasteiger partial charge in [-0.1, -0.05) is 61.0 Å². The summed E-state index contributed by atoms with van der Waals surface area (Å²) in [4.78, 5) is 29.8. The molecule has 0 aliphatic rings. The second-order valence-electron chi connectivity index (χ2n) is 7.31. The summed E-state index contributed by atoms with van der Waals surface area (Å²) in [5, 5.41) is 3.43. The van der Waals surface area contributed by atoms with Crippen LogP contribution in [0.25, 0.3) is 5.65 Å². The van der Waals surface area contributed by atoms with Crippen LogP contribution in [-0.2, 0) is 11.4 Å². The lowest BCUT2D eigenvalue weighted by Crippen LogP contribution is -2.21. The average molecular weight is 448 g/mol. The Morgan fingerprint density at radius 1 is 1.09 bits per heavy atom. The molecule has 2 aromatic heterocycles. The minimum Gasteiger partial charge on any atom is -0.485 e. The quantitative estimate of drug-likeness (QED) is 0.430. The van der Waals surface area contributed by atoms with Crippen LogP contribution in [0.5, 0.6) is 5.75 Å². The third kappa shape index (κ3) is 4.81. The number of aromatic nitrogens is 2. The van der Waals surface area contributed by atoms with Crippen molar-refractivity contribution in [3.63, 3.8) is 0 Å². The highest BCUT2D eigenvalue weighted by Gasteiger charge is 2.19. The zero-order valence-electron chi connectivity index (χ0n) is 17.5. The topological polar surface area (TPSA) is 72.7 Å². The minimum absolute atomic E-state index is 0.0805. The number of benzene rings is 2. The number of hydrogen-bond donors (Lipinski definition) is 1. The second-order valence-corrected chi connectivity index (χ2v) is 7.74. The van der Waals surface area contributed by atoms with Gasteiger partial charge in [0.1, 0.15) is 18.0 Å². The van der Waals surface area contributed by atoms with Crippen molar-refractivity contribution in [2.24, 2.45) is 0 Å². The van der Waals surface area contributed by atoms with E-state index in [1.807, 2.05) is 49.4 Å². The van der Waals surface area contributed by atoms with E-state index >= 15 is 0 Å². The molecule has 1 atom stereocenters. The molecule has 0 spiro atoms. The van der Waals surface area contributed by atoms with Crippen molar-refractivity contribution < 1.29 is 9.53 Å². The van der Waals surface area contributed by atoms with Gasteiger partial charge in [0.15, 0.2) is 0 Å². The van der Waals surface area contributed by atoms with Crippen molar-refractivity contribution in [2.75, 3.05) is 5.32 Å². The number of para-hydroxylation sites is 2. The molecule has 1 N–H and O–H groups in total. The number of amides is 1. The van der Waals surface area contributed by atoms with E-state index in [4.69, 9.17) is 16.3 Å². The van der Waals surface area contributed by atoms with Gasteiger partial charge in [0, 0.05) is 12.3 Å². The Bertz CT molecular complexity index is 1300. The maximum absolute atomic E-state index is 13.0. The monoisotopic (exact) mass is 447 g/mol. The van der Waals surface area contributed by atoms with E-state index in [1.54, 1.807) is 24.3 Å². The lowest BCUT2D eigenvalue weighted by Gasteiger charge is -2.17. The van der Waals surface area contributed by atoms with Gasteiger partial charge < -0.3 is 10.1 Å². The highest BCUT2D eigenvalue weighted by molar-refractivity contribution is 6.30. The van der Waals surface area contributed by atoms with Gasteiger partial charge in [0.05, 0.1) is 22.3 Å².